The number of carbonyl (C=O) groups is 1. The van der Waals surface area contributed by atoms with E-state index in [4.69, 9.17) is 14.7 Å². The van der Waals surface area contributed by atoms with E-state index in [2.05, 4.69) is 15.9 Å². The molecule has 0 aliphatic heterocycles. The van der Waals surface area contributed by atoms with Gasteiger partial charge in [-0.1, -0.05) is 53.2 Å². The minimum atomic E-state index is -0.431. The van der Waals surface area contributed by atoms with Crippen molar-refractivity contribution in [3.63, 3.8) is 0 Å². The SMILES string of the molecule is CCc1nc2c(=O)n(-c3ccc(Br)cc3)c(-c3ccc(C(=O)OC)cc3)nc2n1-c1ccccc1. The Morgan fingerprint density at radius 3 is 2.17 bits per heavy atom. The van der Waals surface area contributed by atoms with Crippen LogP contribution in [0.4, 0.5) is 0 Å². The number of rotatable bonds is 5. The summed E-state index contributed by atoms with van der Waals surface area (Å²) in [7, 11) is 1.34. The van der Waals surface area contributed by atoms with E-state index in [1.807, 2.05) is 66.1 Å². The van der Waals surface area contributed by atoms with Gasteiger partial charge in [0.1, 0.15) is 11.6 Å². The third kappa shape index (κ3) is 4.06. The summed E-state index contributed by atoms with van der Waals surface area (Å²) >= 11 is 3.45. The Bertz CT molecular complexity index is 1590. The van der Waals surface area contributed by atoms with Crippen LogP contribution in [0.5, 0.6) is 0 Å². The van der Waals surface area contributed by atoms with Gasteiger partial charge in [0.2, 0.25) is 0 Å². The number of aromatic nitrogens is 4. The molecule has 5 rings (SSSR count). The average molecular weight is 529 g/mol. The van der Waals surface area contributed by atoms with Crippen LogP contribution in [0.15, 0.2) is 88.1 Å². The number of benzene rings is 3. The summed E-state index contributed by atoms with van der Waals surface area (Å²) in [5.74, 6) is 0.761. The molecule has 0 unspecified atom stereocenters. The largest absolute Gasteiger partial charge is 0.465 e. The average Bonchev–Trinajstić information content (AvgIpc) is 3.28. The molecule has 0 fully saturated rings. The standard InChI is InChI=1S/C27H21BrN4O3/c1-3-22-29-23-25(31(22)20-7-5-4-6-8-20)30-24(17-9-11-18(12-10-17)27(34)35-2)32(26(23)33)21-15-13-19(28)14-16-21/h4-16H,3H2,1-2H3. The fourth-order valence-corrected chi connectivity index (χ4v) is 4.30. The maximum absolute atomic E-state index is 13.9. The van der Waals surface area contributed by atoms with E-state index < -0.39 is 5.97 Å². The molecule has 2 heterocycles. The topological polar surface area (TPSA) is 79.0 Å². The lowest BCUT2D eigenvalue weighted by Crippen LogP contribution is -2.22. The van der Waals surface area contributed by atoms with Gasteiger partial charge >= 0.3 is 5.97 Å². The summed E-state index contributed by atoms with van der Waals surface area (Å²) in [4.78, 5) is 35.5. The van der Waals surface area contributed by atoms with E-state index in [1.54, 1.807) is 28.8 Å². The van der Waals surface area contributed by atoms with Crippen molar-refractivity contribution in [2.75, 3.05) is 7.11 Å². The molecule has 0 aliphatic carbocycles. The quantitative estimate of drug-likeness (QED) is 0.287. The first-order valence-electron chi connectivity index (χ1n) is 11.1. The number of esters is 1. The zero-order chi connectivity index (χ0) is 24.5. The van der Waals surface area contributed by atoms with Crippen molar-refractivity contribution in [2.45, 2.75) is 13.3 Å². The number of ether oxygens (including phenoxy) is 1. The fourth-order valence-electron chi connectivity index (χ4n) is 4.04. The lowest BCUT2D eigenvalue weighted by molar-refractivity contribution is 0.0600. The van der Waals surface area contributed by atoms with Gasteiger partial charge in [0, 0.05) is 22.1 Å². The Morgan fingerprint density at radius 2 is 1.54 bits per heavy atom. The molecule has 35 heavy (non-hydrogen) atoms. The molecular formula is C27H21BrN4O3. The van der Waals surface area contributed by atoms with Crippen molar-refractivity contribution < 1.29 is 9.53 Å². The van der Waals surface area contributed by atoms with Crippen LogP contribution in [0, 0.1) is 0 Å². The van der Waals surface area contributed by atoms with Gasteiger partial charge in [-0.2, -0.15) is 0 Å². The summed E-state index contributed by atoms with van der Waals surface area (Å²) in [5.41, 5.74) is 3.14. The van der Waals surface area contributed by atoms with Crippen molar-refractivity contribution in [1.82, 2.24) is 19.1 Å². The second kappa shape index (κ2) is 9.31. The van der Waals surface area contributed by atoms with Gasteiger partial charge in [0.25, 0.3) is 5.56 Å². The van der Waals surface area contributed by atoms with Crippen LogP contribution in [0.2, 0.25) is 0 Å². The molecule has 8 heteroatoms. The predicted octanol–water partition coefficient (Wildman–Crippen LogP) is 5.35. The highest BCUT2D eigenvalue weighted by Crippen LogP contribution is 2.26. The molecule has 2 aromatic heterocycles. The molecule has 0 atom stereocenters. The predicted molar refractivity (Wildman–Crippen MR) is 138 cm³/mol. The summed E-state index contributed by atoms with van der Waals surface area (Å²) in [5, 5.41) is 0. The smallest absolute Gasteiger partial charge is 0.337 e. The van der Waals surface area contributed by atoms with E-state index >= 15 is 0 Å². The molecule has 7 nitrogen and oxygen atoms in total. The van der Waals surface area contributed by atoms with Crippen LogP contribution in [-0.2, 0) is 11.2 Å². The molecule has 0 saturated heterocycles. The lowest BCUT2D eigenvalue weighted by Gasteiger charge is -2.14. The minimum Gasteiger partial charge on any atom is -0.465 e. The number of hydrogen-bond acceptors (Lipinski definition) is 5. The number of nitrogens with zero attached hydrogens (tertiary/aromatic N) is 4. The normalized spacial score (nSPS) is 11.1. The third-order valence-corrected chi connectivity index (χ3v) is 6.26. The van der Waals surface area contributed by atoms with Crippen molar-refractivity contribution in [3.8, 4) is 22.8 Å². The van der Waals surface area contributed by atoms with Gasteiger partial charge in [-0.05, 0) is 48.5 Å². The van der Waals surface area contributed by atoms with Crippen LogP contribution >= 0.6 is 15.9 Å². The molecule has 5 aromatic rings. The summed E-state index contributed by atoms with van der Waals surface area (Å²) in [6, 6.07) is 24.0. The van der Waals surface area contributed by atoms with E-state index in [9.17, 15) is 9.59 Å². The van der Waals surface area contributed by atoms with Crippen LogP contribution in [0.3, 0.4) is 0 Å². The van der Waals surface area contributed by atoms with Gasteiger partial charge < -0.3 is 4.74 Å². The number of para-hydroxylation sites is 1. The number of halogens is 1. The van der Waals surface area contributed by atoms with E-state index in [-0.39, 0.29) is 5.56 Å². The zero-order valence-corrected chi connectivity index (χ0v) is 20.7. The van der Waals surface area contributed by atoms with Gasteiger partial charge in [-0.25, -0.2) is 14.8 Å². The van der Waals surface area contributed by atoms with Gasteiger partial charge in [-0.15, -0.1) is 0 Å². The van der Waals surface area contributed by atoms with Gasteiger partial charge in [0.05, 0.1) is 18.4 Å². The number of hydrogen-bond donors (Lipinski definition) is 0. The first kappa shape index (κ1) is 22.7. The highest BCUT2D eigenvalue weighted by atomic mass is 79.9. The molecule has 0 radical (unpaired) electrons. The molecule has 0 bridgehead atoms. The Morgan fingerprint density at radius 1 is 0.886 bits per heavy atom. The first-order valence-corrected chi connectivity index (χ1v) is 11.9. The van der Waals surface area contributed by atoms with E-state index in [0.29, 0.717) is 40.2 Å². The molecule has 3 aromatic carbocycles. The van der Waals surface area contributed by atoms with E-state index in [0.717, 1.165) is 16.0 Å². The molecule has 0 saturated carbocycles. The molecule has 0 amide bonds. The van der Waals surface area contributed by atoms with Gasteiger partial charge in [0.15, 0.2) is 11.2 Å². The summed E-state index contributed by atoms with van der Waals surface area (Å²) < 4.78 is 9.20. The summed E-state index contributed by atoms with van der Waals surface area (Å²) in [6.45, 7) is 2.00. The Kier molecular flexibility index (Phi) is 6.05. The highest BCUT2D eigenvalue weighted by molar-refractivity contribution is 9.10. The molecule has 0 N–H and O–H groups in total. The molecular weight excluding hydrogens is 508 g/mol. The number of aryl methyl sites for hydroxylation is 1. The molecule has 0 spiro atoms. The summed E-state index contributed by atoms with van der Waals surface area (Å²) in [6.07, 6.45) is 0.631. The van der Waals surface area contributed by atoms with Crippen LogP contribution in [0.1, 0.15) is 23.1 Å². The minimum absolute atomic E-state index is 0.270. The number of imidazole rings is 1. The monoisotopic (exact) mass is 528 g/mol. The zero-order valence-electron chi connectivity index (χ0n) is 19.1. The van der Waals surface area contributed by atoms with E-state index in [1.165, 1.54) is 7.11 Å². The van der Waals surface area contributed by atoms with Crippen LogP contribution in [0.25, 0.3) is 33.9 Å². The van der Waals surface area contributed by atoms with Crippen molar-refractivity contribution >= 4 is 33.1 Å². The number of methoxy groups -OCH3 is 1. The third-order valence-electron chi connectivity index (χ3n) is 5.73. The second-order valence-electron chi connectivity index (χ2n) is 7.85. The Balaban J connectivity index is 1.84. The molecule has 174 valence electrons. The molecule has 0 aliphatic rings. The van der Waals surface area contributed by atoms with Crippen molar-refractivity contribution in [1.29, 1.82) is 0 Å². The maximum atomic E-state index is 13.9. The van der Waals surface area contributed by atoms with Crippen LogP contribution in [-0.4, -0.2) is 32.2 Å². The van der Waals surface area contributed by atoms with Crippen LogP contribution < -0.4 is 5.56 Å². The van der Waals surface area contributed by atoms with Crippen molar-refractivity contribution in [3.05, 3.63) is 105 Å². The fraction of sp³-hybridized carbons (Fsp3) is 0.111. The Labute approximate surface area is 209 Å². The highest BCUT2D eigenvalue weighted by Gasteiger charge is 2.21. The maximum Gasteiger partial charge on any atom is 0.337 e. The van der Waals surface area contributed by atoms with Gasteiger partial charge in [-0.3, -0.25) is 13.9 Å². The number of carbonyl (C=O) groups excluding carboxylic acids is 1. The lowest BCUT2D eigenvalue weighted by atomic mass is 10.1. The second-order valence-corrected chi connectivity index (χ2v) is 8.76. The first-order chi connectivity index (χ1) is 17.0. The number of fused-ring (bicyclic) bond motifs is 1. The van der Waals surface area contributed by atoms with Crippen molar-refractivity contribution in [2.24, 2.45) is 0 Å². The Hall–Kier alpha value is -4.04.